The van der Waals surface area contributed by atoms with Gasteiger partial charge in [0.05, 0.1) is 29.2 Å². The van der Waals surface area contributed by atoms with E-state index in [4.69, 9.17) is 4.42 Å². The lowest BCUT2D eigenvalue weighted by Crippen LogP contribution is -2.23. The van der Waals surface area contributed by atoms with E-state index in [0.29, 0.717) is 12.1 Å². The lowest BCUT2D eigenvalue weighted by atomic mass is 9.99. The molecule has 24 heavy (non-hydrogen) atoms. The van der Waals surface area contributed by atoms with Crippen molar-refractivity contribution in [2.45, 2.75) is 19.4 Å². The van der Waals surface area contributed by atoms with E-state index in [9.17, 15) is 25.1 Å². The van der Waals surface area contributed by atoms with Gasteiger partial charge in [0.15, 0.2) is 5.75 Å². The molecule has 2 heterocycles. The van der Waals surface area contributed by atoms with Gasteiger partial charge in [-0.1, -0.05) is 0 Å². The van der Waals surface area contributed by atoms with Crippen LogP contribution in [0.5, 0.6) is 11.5 Å². The van der Waals surface area contributed by atoms with Crippen LogP contribution in [0.25, 0.3) is 0 Å². The molecule has 0 saturated carbocycles. The summed E-state index contributed by atoms with van der Waals surface area (Å²) in [5.41, 5.74) is 0.749. The Bertz CT molecular complexity index is 843. The first-order chi connectivity index (χ1) is 11.4. The van der Waals surface area contributed by atoms with Crippen molar-refractivity contribution in [2.24, 2.45) is 5.10 Å². The fourth-order valence-corrected chi connectivity index (χ4v) is 2.61. The van der Waals surface area contributed by atoms with Crippen molar-refractivity contribution in [3.63, 3.8) is 0 Å². The van der Waals surface area contributed by atoms with Gasteiger partial charge >= 0.3 is 5.69 Å². The third kappa shape index (κ3) is 2.56. The Kier molecular flexibility index (Phi) is 3.68. The molecule has 2 N–H and O–H groups in total. The minimum atomic E-state index is -0.808. The van der Waals surface area contributed by atoms with Crippen LogP contribution in [0, 0.1) is 10.1 Å². The minimum absolute atomic E-state index is 0.259. The number of amides is 1. The van der Waals surface area contributed by atoms with Gasteiger partial charge < -0.3 is 14.6 Å². The smallest absolute Gasteiger partial charge is 0.315 e. The van der Waals surface area contributed by atoms with Crippen LogP contribution >= 0.6 is 0 Å². The number of aromatic hydroxyl groups is 2. The fourth-order valence-electron chi connectivity index (χ4n) is 2.61. The summed E-state index contributed by atoms with van der Waals surface area (Å²) >= 11 is 0. The van der Waals surface area contributed by atoms with Crippen LogP contribution in [0.3, 0.4) is 0 Å². The highest BCUT2D eigenvalue weighted by Gasteiger charge is 2.33. The first-order valence-corrected chi connectivity index (χ1v) is 6.98. The van der Waals surface area contributed by atoms with Crippen molar-refractivity contribution in [2.75, 3.05) is 0 Å². The van der Waals surface area contributed by atoms with E-state index in [2.05, 4.69) is 5.10 Å². The summed E-state index contributed by atoms with van der Waals surface area (Å²) in [6, 6.07) is 3.60. The lowest BCUT2D eigenvalue weighted by molar-refractivity contribution is -0.386. The number of nitro benzene ring substituents is 1. The first kappa shape index (κ1) is 15.5. The van der Waals surface area contributed by atoms with Crippen molar-refractivity contribution in [3.8, 4) is 11.5 Å². The second kappa shape index (κ2) is 5.69. The topological polar surface area (TPSA) is 129 Å². The van der Waals surface area contributed by atoms with Gasteiger partial charge in [-0.05, 0) is 12.1 Å². The highest BCUT2D eigenvalue weighted by molar-refractivity contribution is 6.04. The number of phenols is 2. The molecule has 1 aromatic heterocycles. The number of carbonyl (C=O) groups excluding carboxylic acids is 1. The molecule has 124 valence electrons. The van der Waals surface area contributed by atoms with Crippen LogP contribution < -0.4 is 0 Å². The van der Waals surface area contributed by atoms with Gasteiger partial charge in [-0.15, -0.1) is 0 Å². The molecular formula is C15H13N3O6. The molecule has 0 saturated heterocycles. The third-order valence-electron chi connectivity index (χ3n) is 3.76. The summed E-state index contributed by atoms with van der Waals surface area (Å²) in [6.45, 7) is 1.36. The molecule has 0 bridgehead atoms. The number of hydrogen-bond acceptors (Lipinski definition) is 7. The molecule has 0 aliphatic carbocycles. The Labute approximate surface area is 135 Å². The van der Waals surface area contributed by atoms with E-state index in [1.54, 1.807) is 6.07 Å². The zero-order valence-corrected chi connectivity index (χ0v) is 12.5. The van der Waals surface area contributed by atoms with Crippen molar-refractivity contribution < 1.29 is 24.3 Å². The quantitative estimate of drug-likeness (QED) is 0.504. The van der Waals surface area contributed by atoms with Crippen molar-refractivity contribution in [1.82, 2.24) is 5.01 Å². The predicted molar refractivity (Wildman–Crippen MR) is 81.5 cm³/mol. The molecule has 1 aliphatic rings. The maximum atomic E-state index is 11.8. The fraction of sp³-hybridized carbons (Fsp3) is 0.200. The maximum Gasteiger partial charge on any atom is 0.315 e. The van der Waals surface area contributed by atoms with Gasteiger partial charge in [-0.25, -0.2) is 5.01 Å². The molecule has 3 rings (SSSR count). The monoisotopic (exact) mass is 331 g/mol. The number of nitro groups is 1. The van der Waals surface area contributed by atoms with Gasteiger partial charge in [0.25, 0.3) is 0 Å². The molecule has 0 spiro atoms. The van der Waals surface area contributed by atoms with Crippen molar-refractivity contribution in [1.29, 1.82) is 0 Å². The Morgan fingerprint density at radius 3 is 2.79 bits per heavy atom. The molecule has 9 heteroatoms. The summed E-state index contributed by atoms with van der Waals surface area (Å²) in [7, 11) is 0. The Morgan fingerprint density at radius 2 is 2.21 bits per heavy atom. The van der Waals surface area contributed by atoms with Crippen LogP contribution in [-0.4, -0.2) is 31.8 Å². The van der Waals surface area contributed by atoms with Crippen LogP contribution in [0.4, 0.5) is 5.69 Å². The normalized spacial score (nSPS) is 17.0. The van der Waals surface area contributed by atoms with Crippen LogP contribution in [0.2, 0.25) is 0 Å². The number of hydrazone groups is 1. The van der Waals surface area contributed by atoms with Crippen LogP contribution in [0.15, 0.2) is 40.2 Å². The van der Waals surface area contributed by atoms with Crippen LogP contribution in [-0.2, 0) is 4.79 Å². The average molecular weight is 331 g/mol. The summed E-state index contributed by atoms with van der Waals surface area (Å²) in [5, 5.41) is 35.7. The molecular weight excluding hydrogens is 318 g/mol. The molecule has 0 radical (unpaired) electrons. The van der Waals surface area contributed by atoms with Gasteiger partial charge in [0.1, 0.15) is 0 Å². The number of hydrogen-bond donors (Lipinski definition) is 2. The van der Waals surface area contributed by atoms with E-state index < -0.39 is 28.2 Å². The molecule has 1 unspecified atom stereocenters. The van der Waals surface area contributed by atoms with Gasteiger partial charge in [-0.3, -0.25) is 14.9 Å². The van der Waals surface area contributed by atoms with E-state index in [1.165, 1.54) is 30.5 Å². The Hall–Kier alpha value is -3.36. The average Bonchev–Trinajstić information content (AvgIpc) is 3.17. The molecule has 0 fully saturated rings. The number of benzene rings is 1. The largest absolute Gasteiger partial charge is 0.504 e. The standard InChI is InChI=1S/C15H13N3O6/c1-8(19)17-12(9-2-3-24-7-9)6-11(16-17)10-4-13(18(22)23)15(21)14(20)5-10/h2-5,7,12,20-21H,6H2,1H3. The molecule has 1 aliphatic heterocycles. The van der Waals surface area contributed by atoms with Gasteiger partial charge in [-0.2, -0.15) is 5.10 Å². The summed E-state index contributed by atoms with van der Waals surface area (Å²) < 4.78 is 5.03. The zero-order valence-electron chi connectivity index (χ0n) is 12.5. The summed E-state index contributed by atoms with van der Waals surface area (Å²) in [5.74, 6) is -1.73. The first-order valence-electron chi connectivity index (χ1n) is 6.98. The van der Waals surface area contributed by atoms with Crippen molar-refractivity contribution >= 4 is 17.3 Å². The number of furan rings is 1. The summed E-state index contributed by atoms with van der Waals surface area (Å²) in [4.78, 5) is 22.0. The van der Waals surface area contributed by atoms with E-state index in [-0.39, 0.29) is 11.5 Å². The second-order valence-electron chi connectivity index (χ2n) is 5.31. The van der Waals surface area contributed by atoms with Crippen LogP contribution in [0.1, 0.15) is 30.5 Å². The van der Waals surface area contributed by atoms with E-state index >= 15 is 0 Å². The highest BCUT2D eigenvalue weighted by Crippen LogP contribution is 2.39. The number of nitrogens with zero attached hydrogens (tertiary/aromatic N) is 3. The number of carbonyl (C=O) groups is 1. The Morgan fingerprint density at radius 1 is 1.46 bits per heavy atom. The number of rotatable bonds is 3. The van der Waals surface area contributed by atoms with Crippen molar-refractivity contribution in [3.05, 3.63) is 52.0 Å². The molecule has 1 amide bonds. The minimum Gasteiger partial charge on any atom is -0.504 e. The third-order valence-corrected chi connectivity index (χ3v) is 3.76. The van der Waals surface area contributed by atoms with Gasteiger partial charge in [0.2, 0.25) is 11.7 Å². The molecule has 1 aromatic carbocycles. The Balaban J connectivity index is 2.03. The van der Waals surface area contributed by atoms with Gasteiger partial charge in [0, 0.05) is 30.5 Å². The SMILES string of the molecule is CC(=O)N1N=C(c2cc(O)c(O)c([N+](=O)[O-])c2)CC1c1ccoc1. The molecule has 9 nitrogen and oxygen atoms in total. The molecule has 1 atom stereocenters. The zero-order chi connectivity index (χ0) is 17.4. The maximum absolute atomic E-state index is 11.8. The lowest BCUT2D eigenvalue weighted by Gasteiger charge is -2.18. The van der Waals surface area contributed by atoms with E-state index in [1.807, 2.05) is 0 Å². The molecule has 2 aromatic rings. The van der Waals surface area contributed by atoms with E-state index in [0.717, 1.165) is 11.6 Å². The second-order valence-corrected chi connectivity index (χ2v) is 5.31. The summed E-state index contributed by atoms with van der Waals surface area (Å²) in [6.07, 6.45) is 3.26. The number of phenolic OH excluding ortho intramolecular Hbond substituents is 2. The predicted octanol–water partition coefficient (Wildman–Crippen LogP) is 2.30. The highest BCUT2D eigenvalue weighted by atomic mass is 16.6.